The van der Waals surface area contributed by atoms with Gasteiger partial charge in [-0.1, -0.05) is 27.7 Å². The quantitative estimate of drug-likeness (QED) is 0.728. The largest absolute Gasteiger partial charge is 0.355 e. The van der Waals surface area contributed by atoms with Crippen molar-refractivity contribution in [2.24, 2.45) is 11.3 Å². The highest BCUT2D eigenvalue weighted by atomic mass is 35.5. The third kappa shape index (κ3) is 6.57. The Bertz CT molecular complexity index is 329. The molecule has 1 saturated heterocycles. The SMILES string of the molecule is CC1CNCCC1NC(=O)CCNC(=O)C(C)(C)C.Cl. The van der Waals surface area contributed by atoms with Gasteiger partial charge >= 0.3 is 0 Å². The number of hydrogen-bond donors (Lipinski definition) is 3. The number of carbonyl (C=O) groups excluding carboxylic acids is 2. The fraction of sp³-hybridized carbons (Fsp3) is 0.857. The van der Waals surface area contributed by atoms with E-state index in [1.807, 2.05) is 20.8 Å². The van der Waals surface area contributed by atoms with Crippen LogP contribution >= 0.6 is 12.4 Å². The van der Waals surface area contributed by atoms with Gasteiger partial charge < -0.3 is 16.0 Å². The van der Waals surface area contributed by atoms with Crippen LogP contribution in [0.15, 0.2) is 0 Å². The predicted molar refractivity (Wildman–Crippen MR) is 82.9 cm³/mol. The first-order valence-electron chi connectivity index (χ1n) is 7.09. The molecule has 0 aromatic heterocycles. The summed E-state index contributed by atoms with van der Waals surface area (Å²) in [6.07, 6.45) is 1.32. The molecule has 0 aromatic carbocycles. The average Bonchev–Trinajstić information content (AvgIpc) is 2.31. The van der Waals surface area contributed by atoms with E-state index in [1.165, 1.54) is 0 Å². The standard InChI is InChI=1S/C14H27N3O2.ClH/c1-10-9-15-7-5-11(10)17-12(18)6-8-16-13(19)14(2,3)4;/h10-11,15H,5-9H2,1-4H3,(H,16,19)(H,17,18);1H. The Morgan fingerprint density at radius 3 is 2.50 bits per heavy atom. The van der Waals surface area contributed by atoms with Crippen molar-refractivity contribution in [2.75, 3.05) is 19.6 Å². The van der Waals surface area contributed by atoms with Gasteiger partial charge in [-0.3, -0.25) is 9.59 Å². The molecular formula is C14H28ClN3O2. The van der Waals surface area contributed by atoms with Gasteiger partial charge in [0.05, 0.1) is 0 Å². The lowest BCUT2D eigenvalue weighted by Gasteiger charge is -2.30. The van der Waals surface area contributed by atoms with E-state index in [9.17, 15) is 9.59 Å². The van der Waals surface area contributed by atoms with Gasteiger partial charge in [-0.15, -0.1) is 12.4 Å². The van der Waals surface area contributed by atoms with Crippen molar-refractivity contribution in [3.63, 3.8) is 0 Å². The molecule has 0 aliphatic carbocycles. The highest BCUT2D eigenvalue weighted by Gasteiger charge is 2.23. The topological polar surface area (TPSA) is 70.2 Å². The molecule has 2 unspecified atom stereocenters. The Balaban J connectivity index is 0.00000361. The molecule has 118 valence electrons. The van der Waals surface area contributed by atoms with E-state index < -0.39 is 5.41 Å². The zero-order chi connectivity index (χ0) is 14.5. The van der Waals surface area contributed by atoms with Gasteiger partial charge in [0, 0.05) is 24.4 Å². The van der Waals surface area contributed by atoms with Crippen molar-refractivity contribution < 1.29 is 9.59 Å². The molecule has 1 heterocycles. The Morgan fingerprint density at radius 2 is 1.95 bits per heavy atom. The zero-order valence-electron chi connectivity index (χ0n) is 12.9. The number of rotatable bonds is 4. The van der Waals surface area contributed by atoms with E-state index >= 15 is 0 Å². The summed E-state index contributed by atoms with van der Waals surface area (Å²) in [7, 11) is 0. The van der Waals surface area contributed by atoms with E-state index in [0.29, 0.717) is 18.9 Å². The first kappa shape index (κ1) is 19.2. The maximum absolute atomic E-state index is 11.8. The van der Waals surface area contributed by atoms with Crippen molar-refractivity contribution in [1.82, 2.24) is 16.0 Å². The van der Waals surface area contributed by atoms with Gasteiger partial charge in [0.2, 0.25) is 11.8 Å². The van der Waals surface area contributed by atoms with Crippen LogP contribution in [0.3, 0.4) is 0 Å². The van der Waals surface area contributed by atoms with Crippen molar-refractivity contribution in [2.45, 2.75) is 46.6 Å². The van der Waals surface area contributed by atoms with Gasteiger partial charge in [-0.05, 0) is 25.4 Å². The van der Waals surface area contributed by atoms with E-state index in [-0.39, 0.29) is 30.3 Å². The van der Waals surface area contributed by atoms with Gasteiger partial charge in [-0.2, -0.15) is 0 Å². The molecule has 1 rings (SSSR count). The van der Waals surface area contributed by atoms with E-state index in [2.05, 4.69) is 22.9 Å². The summed E-state index contributed by atoms with van der Waals surface area (Å²) in [4.78, 5) is 23.4. The minimum atomic E-state index is -0.403. The summed E-state index contributed by atoms with van der Waals surface area (Å²) in [6, 6.07) is 0.257. The average molecular weight is 306 g/mol. The number of amides is 2. The van der Waals surface area contributed by atoms with Crippen LogP contribution < -0.4 is 16.0 Å². The van der Waals surface area contributed by atoms with Crippen LogP contribution in [0, 0.1) is 11.3 Å². The monoisotopic (exact) mass is 305 g/mol. The lowest BCUT2D eigenvalue weighted by Crippen LogP contribution is -2.49. The molecule has 0 radical (unpaired) electrons. The Labute approximate surface area is 128 Å². The summed E-state index contributed by atoms with van der Waals surface area (Å²) < 4.78 is 0. The Hall–Kier alpha value is -0.810. The van der Waals surface area contributed by atoms with Crippen LogP contribution in [0.1, 0.15) is 40.5 Å². The lowest BCUT2D eigenvalue weighted by molar-refractivity contribution is -0.128. The molecule has 1 aliphatic rings. The molecule has 1 fully saturated rings. The van der Waals surface area contributed by atoms with Crippen LogP contribution in [-0.4, -0.2) is 37.5 Å². The van der Waals surface area contributed by atoms with Crippen LogP contribution in [0.2, 0.25) is 0 Å². The summed E-state index contributed by atoms with van der Waals surface area (Å²) in [5, 5.41) is 9.14. The molecule has 5 nitrogen and oxygen atoms in total. The molecule has 6 heteroatoms. The molecule has 3 N–H and O–H groups in total. The molecule has 2 atom stereocenters. The fourth-order valence-corrected chi connectivity index (χ4v) is 2.06. The lowest BCUT2D eigenvalue weighted by atomic mass is 9.95. The summed E-state index contributed by atoms with van der Waals surface area (Å²) in [6.45, 7) is 10.0. The minimum absolute atomic E-state index is 0. The molecule has 1 aliphatic heterocycles. The van der Waals surface area contributed by atoms with E-state index in [4.69, 9.17) is 0 Å². The smallest absolute Gasteiger partial charge is 0.225 e. The van der Waals surface area contributed by atoms with Crippen molar-refractivity contribution >= 4 is 24.2 Å². The molecular weight excluding hydrogens is 278 g/mol. The molecule has 0 bridgehead atoms. The third-order valence-corrected chi connectivity index (χ3v) is 3.45. The molecule has 2 amide bonds. The maximum atomic E-state index is 11.8. The molecule has 0 aromatic rings. The first-order valence-corrected chi connectivity index (χ1v) is 7.09. The highest BCUT2D eigenvalue weighted by molar-refractivity contribution is 5.85. The second-order valence-electron chi connectivity index (χ2n) is 6.40. The summed E-state index contributed by atoms with van der Waals surface area (Å²) in [5.41, 5.74) is -0.403. The molecule has 0 spiro atoms. The second-order valence-corrected chi connectivity index (χ2v) is 6.40. The highest BCUT2D eigenvalue weighted by Crippen LogP contribution is 2.12. The van der Waals surface area contributed by atoms with E-state index in [0.717, 1.165) is 19.5 Å². The van der Waals surface area contributed by atoms with Crippen LogP contribution in [0.25, 0.3) is 0 Å². The van der Waals surface area contributed by atoms with Gasteiger partial charge in [0.15, 0.2) is 0 Å². The Kier molecular flexibility index (Phi) is 8.13. The second kappa shape index (κ2) is 8.47. The maximum Gasteiger partial charge on any atom is 0.225 e. The van der Waals surface area contributed by atoms with Gasteiger partial charge in [0.1, 0.15) is 0 Å². The first-order chi connectivity index (χ1) is 8.80. The number of piperidine rings is 1. The minimum Gasteiger partial charge on any atom is -0.355 e. The van der Waals surface area contributed by atoms with Gasteiger partial charge in [-0.25, -0.2) is 0 Å². The van der Waals surface area contributed by atoms with Crippen molar-refractivity contribution in [3.05, 3.63) is 0 Å². The molecule has 20 heavy (non-hydrogen) atoms. The van der Waals surface area contributed by atoms with Crippen molar-refractivity contribution in [1.29, 1.82) is 0 Å². The van der Waals surface area contributed by atoms with Crippen LogP contribution in [0.5, 0.6) is 0 Å². The third-order valence-electron chi connectivity index (χ3n) is 3.45. The number of nitrogens with one attached hydrogen (secondary N) is 3. The Morgan fingerprint density at radius 1 is 1.30 bits per heavy atom. The predicted octanol–water partition coefficient (Wildman–Crippen LogP) is 1.07. The van der Waals surface area contributed by atoms with Crippen LogP contribution in [-0.2, 0) is 9.59 Å². The van der Waals surface area contributed by atoms with Crippen LogP contribution in [0.4, 0.5) is 0 Å². The summed E-state index contributed by atoms with van der Waals surface area (Å²) >= 11 is 0. The fourth-order valence-electron chi connectivity index (χ4n) is 2.06. The zero-order valence-corrected chi connectivity index (χ0v) is 13.7. The molecule has 0 saturated carbocycles. The number of hydrogen-bond acceptors (Lipinski definition) is 3. The van der Waals surface area contributed by atoms with Gasteiger partial charge in [0.25, 0.3) is 0 Å². The van der Waals surface area contributed by atoms with Crippen molar-refractivity contribution in [3.8, 4) is 0 Å². The number of halogens is 1. The van der Waals surface area contributed by atoms with E-state index in [1.54, 1.807) is 0 Å². The number of carbonyl (C=O) groups is 2. The summed E-state index contributed by atoms with van der Waals surface area (Å²) in [5.74, 6) is 0.463. The normalized spacial score (nSPS) is 22.6.